The third-order valence-electron chi connectivity index (χ3n) is 2.93. The highest BCUT2D eigenvalue weighted by Gasteiger charge is 2.31. The number of amides is 1. The SMILES string of the molecule is O=C(CSc1nncs1)Nc1cc(C(F)(F)F)ccc1-n1cncn1. The molecule has 0 aliphatic carbocycles. The Labute approximate surface area is 147 Å². The summed E-state index contributed by atoms with van der Waals surface area (Å²) >= 11 is 2.41. The summed E-state index contributed by atoms with van der Waals surface area (Å²) in [5.74, 6) is -0.483. The molecular weight excluding hydrogens is 377 g/mol. The number of nitrogens with zero attached hydrogens (tertiary/aromatic N) is 5. The van der Waals surface area contributed by atoms with Crippen LogP contribution >= 0.6 is 23.1 Å². The largest absolute Gasteiger partial charge is 0.416 e. The Morgan fingerprint density at radius 1 is 1.36 bits per heavy atom. The van der Waals surface area contributed by atoms with Crippen LogP contribution in [0.15, 0.2) is 40.7 Å². The number of anilines is 1. The Bertz CT molecular complexity index is 851. The number of rotatable bonds is 5. The fourth-order valence-electron chi connectivity index (χ4n) is 1.88. The highest BCUT2D eigenvalue weighted by molar-refractivity contribution is 8.01. The highest BCUT2D eigenvalue weighted by atomic mass is 32.2. The molecule has 0 bridgehead atoms. The lowest BCUT2D eigenvalue weighted by Gasteiger charge is -2.14. The van der Waals surface area contributed by atoms with Crippen molar-refractivity contribution in [3.63, 3.8) is 0 Å². The molecule has 1 aromatic carbocycles. The van der Waals surface area contributed by atoms with Gasteiger partial charge in [0.25, 0.3) is 0 Å². The summed E-state index contributed by atoms with van der Waals surface area (Å²) in [5.41, 5.74) is 0.918. The predicted octanol–water partition coefficient (Wildman–Crippen LogP) is 2.87. The van der Waals surface area contributed by atoms with Crippen LogP contribution in [0.1, 0.15) is 5.56 Å². The van der Waals surface area contributed by atoms with E-state index in [-0.39, 0.29) is 17.1 Å². The number of carbonyl (C=O) groups is 1. The van der Waals surface area contributed by atoms with Crippen molar-refractivity contribution in [3.05, 3.63) is 41.9 Å². The van der Waals surface area contributed by atoms with Crippen LogP contribution in [0.25, 0.3) is 5.69 Å². The van der Waals surface area contributed by atoms with Crippen molar-refractivity contribution >= 4 is 34.7 Å². The first-order valence-electron chi connectivity index (χ1n) is 6.68. The topological polar surface area (TPSA) is 85.6 Å². The highest BCUT2D eigenvalue weighted by Crippen LogP contribution is 2.33. The number of alkyl halides is 3. The van der Waals surface area contributed by atoms with Gasteiger partial charge in [0.15, 0.2) is 4.34 Å². The lowest BCUT2D eigenvalue weighted by molar-refractivity contribution is -0.137. The molecule has 3 aromatic rings. The van der Waals surface area contributed by atoms with Gasteiger partial charge in [0, 0.05) is 0 Å². The molecule has 0 atom stereocenters. The Morgan fingerprint density at radius 2 is 2.20 bits per heavy atom. The average molecular weight is 386 g/mol. The fourth-order valence-corrected chi connectivity index (χ4v) is 3.17. The van der Waals surface area contributed by atoms with Gasteiger partial charge in [-0.15, -0.1) is 10.2 Å². The molecule has 0 saturated heterocycles. The van der Waals surface area contributed by atoms with E-state index in [0.717, 1.165) is 23.9 Å². The molecule has 0 aliphatic heterocycles. The van der Waals surface area contributed by atoms with Gasteiger partial charge in [-0.2, -0.15) is 18.3 Å². The minimum atomic E-state index is -4.53. The van der Waals surface area contributed by atoms with Gasteiger partial charge in [-0.1, -0.05) is 23.1 Å². The van der Waals surface area contributed by atoms with Gasteiger partial charge in [-0.05, 0) is 18.2 Å². The number of halogens is 3. The van der Waals surface area contributed by atoms with Gasteiger partial charge in [0.1, 0.15) is 18.2 Å². The summed E-state index contributed by atoms with van der Waals surface area (Å²) in [6.07, 6.45) is -1.95. The molecule has 0 aliphatic rings. The molecule has 0 radical (unpaired) electrons. The molecule has 3 rings (SSSR count). The number of nitrogens with one attached hydrogen (secondary N) is 1. The molecule has 0 saturated carbocycles. The molecule has 0 spiro atoms. The molecule has 1 amide bonds. The molecule has 12 heteroatoms. The molecular formula is C13H9F3N6OS2. The van der Waals surface area contributed by atoms with Crippen LogP contribution in [0.2, 0.25) is 0 Å². The van der Waals surface area contributed by atoms with Crippen LogP contribution in [-0.4, -0.2) is 36.6 Å². The van der Waals surface area contributed by atoms with E-state index in [1.165, 1.54) is 40.3 Å². The van der Waals surface area contributed by atoms with E-state index in [4.69, 9.17) is 0 Å². The zero-order valence-electron chi connectivity index (χ0n) is 12.3. The van der Waals surface area contributed by atoms with Crippen LogP contribution in [0.3, 0.4) is 0 Å². The first-order valence-corrected chi connectivity index (χ1v) is 8.55. The van der Waals surface area contributed by atoms with Crippen LogP contribution in [0, 0.1) is 0 Å². The van der Waals surface area contributed by atoms with Crippen molar-refractivity contribution in [2.45, 2.75) is 10.5 Å². The Kier molecular flexibility index (Phi) is 4.99. The number of hydrogen-bond donors (Lipinski definition) is 1. The van der Waals surface area contributed by atoms with E-state index < -0.39 is 17.6 Å². The minimum absolute atomic E-state index is 0.0109. The smallest absolute Gasteiger partial charge is 0.323 e. The van der Waals surface area contributed by atoms with Crippen LogP contribution in [-0.2, 0) is 11.0 Å². The van der Waals surface area contributed by atoms with Gasteiger partial charge < -0.3 is 5.32 Å². The van der Waals surface area contributed by atoms with Gasteiger partial charge in [0.05, 0.1) is 22.7 Å². The van der Waals surface area contributed by atoms with Crippen molar-refractivity contribution in [2.75, 3.05) is 11.1 Å². The van der Waals surface area contributed by atoms with Crippen molar-refractivity contribution in [2.24, 2.45) is 0 Å². The lowest BCUT2D eigenvalue weighted by atomic mass is 10.1. The Morgan fingerprint density at radius 3 is 2.84 bits per heavy atom. The third kappa shape index (κ3) is 4.33. The van der Waals surface area contributed by atoms with Gasteiger partial charge in [0.2, 0.25) is 5.91 Å². The Hall–Kier alpha value is -2.47. The maximum absolute atomic E-state index is 12.9. The van der Waals surface area contributed by atoms with Crippen LogP contribution in [0.4, 0.5) is 18.9 Å². The third-order valence-corrected chi connectivity index (χ3v) is 4.79. The van der Waals surface area contributed by atoms with E-state index in [1.807, 2.05) is 0 Å². The minimum Gasteiger partial charge on any atom is -0.323 e. The van der Waals surface area contributed by atoms with E-state index in [1.54, 1.807) is 0 Å². The number of benzene rings is 1. The molecule has 1 N–H and O–H groups in total. The molecule has 0 unspecified atom stereocenters. The first-order chi connectivity index (χ1) is 11.9. The summed E-state index contributed by atoms with van der Waals surface area (Å²) in [5, 5.41) is 13.8. The second-order valence-corrected chi connectivity index (χ2v) is 6.67. The first kappa shape index (κ1) is 17.4. The van der Waals surface area contributed by atoms with Gasteiger partial charge >= 0.3 is 6.18 Å². The monoisotopic (exact) mass is 386 g/mol. The van der Waals surface area contributed by atoms with Crippen molar-refractivity contribution < 1.29 is 18.0 Å². The van der Waals surface area contributed by atoms with E-state index in [2.05, 4.69) is 25.6 Å². The van der Waals surface area contributed by atoms with E-state index in [9.17, 15) is 18.0 Å². The summed E-state index contributed by atoms with van der Waals surface area (Å²) < 4.78 is 40.7. The van der Waals surface area contributed by atoms with Crippen LogP contribution < -0.4 is 5.32 Å². The fraction of sp³-hybridized carbons (Fsp3) is 0.154. The van der Waals surface area contributed by atoms with Crippen molar-refractivity contribution in [1.82, 2.24) is 25.0 Å². The average Bonchev–Trinajstić information content (AvgIpc) is 3.26. The Balaban J connectivity index is 1.83. The van der Waals surface area contributed by atoms with Gasteiger partial charge in [-0.3, -0.25) is 4.79 Å². The zero-order valence-corrected chi connectivity index (χ0v) is 13.9. The van der Waals surface area contributed by atoms with E-state index >= 15 is 0 Å². The summed E-state index contributed by atoms with van der Waals surface area (Å²) in [6, 6.07) is 3.01. The second-order valence-electron chi connectivity index (χ2n) is 4.61. The van der Waals surface area contributed by atoms with Crippen molar-refractivity contribution in [3.8, 4) is 5.69 Å². The lowest BCUT2D eigenvalue weighted by Crippen LogP contribution is -2.17. The normalized spacial score (nSPS) is 11.5. The number of hydrogen-bond acceptors (Lipinski definition) is 7. The van der Waals surface area contributed by atoms with Crippen molar-refractivity contribution in [1.29, 1.82) is 0 Å². The molecule has 0 fully saturated rings. The number of aromatic nitrogens is 5. The molecule has 7 nitrogen and oxygen atoms in total. The molecule has 130 valence electrons. The number of carbonyl (C=O) groups excluding carboxylic acids is 1. The zero-order chi connectivity index (χ0) is 17.9. The molecule has 25 heavy (non-hydrogen) atoms. The standard InChI is InChI=1S/C13H9F3N6OS2/c14-13(15,16)8-1-2-10(22-6-17-5-19-22)9(3-8)20-11(23)4-24-12-21-18-7-25-12/h1-3,5-7H,4H2,(H,20,23). The van der Waals surface area contributed by atoms with Gasteiger partial charge in [-0.25, -0.2) is 9.67 Å². The predicted molar refractivity (Wildman–Crippen MR) is 85.6 cm³/mol. The molecule has 2 aromatic heterocycles. The summed E-state index contributed by atoms with van der Waals surface area (Å²) in [4.78, 5) is 15.8. The summed E-state index contributed by atoms with van der Waals surface area (Å²) in [7, 11) is 0. The van der Waals surface area contributed by atoms with E-state index in [0.29, 0.717) is 4.34 Å². The summed E-state index contributed by atoms with van der Waals surface area (Å²) in [6.45, 7) is 0. The van der Waals surface area contributed by atoms with Crippen LogP contribution in [0.5, 0.6) is 0 Å². The second kappa shape index (κ2) is 7.19. The maximum Gasteiger partial charge on any atom is 0.416 e. The molecule has 2 heterocycles. The number of thioether (sulfide) groups is 1. The maximum atomic E-state index is 12.9. The quantitative estimate of drug-likeness (QED) is 0.679.